The van der Waals surface area contributed by atoms with Crippen molar-refractivity contribution in [3.63, 3.8) is 0 Å². The van der Waals surface area contributed by atoms with Crippen LogP contribution in [0.2, 0.25) is 0 Å². The van der Waals surface area contributed by atoms with Gasteiger partial charge in [0.05, 0.1) is 10.6 Å². The molecule has 0 aromatic heterocycles. The molecule has 0 radical (unpaired) electrons. The predicted molar refractivity (Wildman–Crippen MR) is 123 cm³/mol. The van der Waals surface area contributed by atoms with E-state index in [1.54, 1.807) is 36.4 Å². The van der Waals surface area contributed by atoms with Crippen molar-refractivity contribution < 1.29 is 28.2 Å². The molecule has 8 nitrogen and oxygen atoms in total. The van der Waals surface area contributed by atoms with Crippen LogP contribution in [-0.4, -0.2) is 36.3 Å². The summed E-state index contributed by atoms with van der Waals surface area (Å²) >= 11 is 1.23. The second-order valence-electron chi connectivity index (χ2n) is 6.82. The molecule has 0 spiro atoms. The largest absolute Gasteiger partial charge is 0.507 e. The molecule has 10 heteroatoms. The zero-order chi connectivity index (χ0) is 23.3. The average molecular weight is 473 g/mol. The zero-order valence-electron chi connectivity index (χ0n) is 16.9. The van der Waals surface area contributed by atoms with Gasteiger partial charge in [-0.3, -0.25) is 9.52 Å². The number of carbonyl (C=O) groups excluding carboxylic acids is 1. The maximum absolute atomic E-state index is 12.5. The standard InChI is InChI=1S/C22H20N2O6S2/c1-14-2-9-18(10-3-14)32(29,30)24-15-4-7-17(8-5-15)31-13-21(26)23-16-6-11-20(25)19(12-16)22(27)28/h2-12,24-25H,13H2,1H3,(H,23,26)(H,27,28). The molecule has 3 rings (SSSR count). The number of hydrogen-bond donors (Lipinski definition) is 4. The predicted octanol–water partition coefficient (Wildman–Crippen LogP) is 3.93. The molecule has 0 aliphatic carbocycles. The third-order valence-electron chi connectivity index (χ3n) is 4.32. The van der Waals surface area contributed by atoms with E-state index in [1.165, 1.54) is 42.1 Å². The number of carboxylic acid groups (broad SMARTS) is 1. The van der Waals surface area contributed by atoms with E-state index in [9.17, 15) is 23.1 Å². The number of benzene rings is 3. The molecule has 4 N–H and O–H groups in total. The Morgan fingerprint density at radius 3 is 2.19 bits per heavy atom. The van der Waals surface area contributed by atoms with Gasteiger partial charge in [0.25, 0.3) is 10.0 Å². The van der Waals surface area contributed by atoms with Crippen LogP contribution in [0.15, 0.2) is 76.5 Å². The van der Waals surface area contributed by atoms with Gasteiger partial charge >= 0.3 is 5.97 Å². The number of rotatable bonds is 8. The fourth-order valence-corrected chi connectivity index (χ4v) is 4.44. The van der Waals surface area contributed by atoms with Crippen LogP contribution in [-0.2, 0) is 14.8 Å². The molecule has 3 aromatic rings. The van der Waals surface area contributed by atoms with E-state index in [0.717, 1.165) is 10.5 Å². The summed E-state index contributed by atoms with van der Waals surface area (Å²) in [7, 11) is -3.70. The van der Waals surface area contributed by atoms with Crippen LogP contribution in [0.25, 0.3) is 0 Å². The van der Waals surface area contributed by atoms with Crippen LogP contribution in [0, 0.1) is 6.92 Å². The van der Waals surface area contributed by atoms with Gasteiger partial charge in [-0.1, -0.05) is 17.7 Å². The highest BCUT2D eigenvalue weighted by Gasteiger charge is 2.14. The maximum Gasteiger partial charge on any atom is 0.339 e. The summed E-state index contributed by atoms with van der Waals surface area (Å²) in [6, 6.07) is 16.9. The molecular weight excluding hydrogens is 452 g/mol. The highest BCUT2D eigenvalue weighted by Crippen LogP contribution is 2.24. The first-order chi connectivity index (χ1) is 15.1. The van der Waals surface area contributed by atoms with Crippen molar-refractivity contribution in [1.29, 1.82) is 0 Å². The van der Waals surface area contributed by atoms with Gasteiger partial charge < -0.3 is 15.5 Å². The van der Waals surface area contributed by atoms with Gasteiger partial charge in [-0.25, -0.2) is 13.2 Å². The van der Waals surface area contributed by atoms with Crippen molar-refractivity contribution in [2.24, 2.45) is 0 Å². The monoisotopic (exact) mass is 472 g/mol. The van der Waals surface area contributed by atoms with Gasteiger partial charge in [0.15, 0.2) is 0 Å². The van der Waals surface area contributed by atoms with Crippen molar-refractivity contribution >= 4 is 45.0 Å². The smallest absolute Gasteiger partial charge is 0.339 e. The number of amides is 1. The molecule has 0 aliphatic rings. The molecule has 32 heavy (non-hydrogen) atoms. The maximum atomic E-state index is 12.5. The SMILES string of the molecule is Cc1ccc(S(=O)(=O)Nc2ccc(SCC(=O)Nc3ccc(O)c(C(=O)O)c3)cc2)cc1. The molecule has 0 aliphatic heterocycles. The molecule has 0 saturated carbocycles. The van der Waals surface area contributed by atoms with Crippen molar-refractivity contribution in [1.82, 2.24) is 0 Å². The third-order valence-corrected chi connectivity index (χ3v) is 6.73. The minimum absolute atomic E-state index is 0.0533. The summed E-state index contributed by atoms with van der Waals surface area (Å²) in [5.74, 6) is -1.99. The lowest BCUT2D eigenvalue weighted by Gasteiger charge is -2.10. The Bertz CT molecular complexity index is 1240. The van der Waals surface area contributed by atoms with Crippen LogP contribution in [0.3, 0.4) is 0 Å². The number of carboxylic acids is 1. The van der Waals surface area contributed by atoms with E-state index in [-0.39, 0.29) is 33.6 Å². The topological polar surface area (TPSA) is 133 Å². The Morgan fingerprint density at radius 1 is 0.938 bits per heavy atom. The van der Waals surface area contributed by atoms with Crippen LogP contribution in [0.4, 0.5) is 11.4 Å². The molecule has 0 heterocycles. The average Bonchev–Trinajstić information content (AvgIpc) is 2.74. The van der Waals surface area contributed by atoms with Crippen LogP contribution < -0.4 is 10.0 Å². The first-order valence-corrected chi connectivity index (χ1v) is 11.8. The fraction of sp³-hybridized carbons (Fsp3) is 0.0909. The second-order valence-corrected chi connectivity index (χ2v) is 9.55. The Hall–Kier alpha value is -3.50. The van der Waals surface area contributed by atoms with Crippen molar-refractivity contribution in [3.8, 4) is 5.75 Å². The lowest BCUT2D eigenvalue weighted by Crippen LogP contribution is -2.14. The summed E-state index contributed by atoms with van der Waals surface area (Å²) in [4.78, 5) is 24.1. The van der Waals surface area contributed by atoms with Crippen LogP contribution in [0.1, 0.15) is 15.9 Å². The summed E-state index contributed by atoms with van der Waals surface area (Å²) in [5, 5.41) is 21.1. The molecule has 0 fully saturated rings. The number of sulfonamides is 1. The van der Waals surface area contributed by atoms with E-state index in [0.29, 0.717) is 5.69 Å². The summed E-state index contributed by atoms with van der Waals surface area (Å²) < 4.78 is 27.4. The second kappa shape index (κ2) is 9.75. The van der Waals surface area contributed by atoms with Gasteiger partial charge in [-0.05, 0) is 61.5 Å². The summed E-state index contributed by atoms with van der Waals surface area (Å²) in [6.07, 6.45) is 0. The molecular formula is C22H20N2O6S2. The highest BCUT2D eigenvalue weighted by molar-refractivity contribution is 8.00. The van der Waals surface area contributed by atoms with Crippen molar-refractivity contribution in [2.45, 2.75) is 16.7 Å². The number of nitrogens with one attached hydrogen (secondary N) is 2. The number of aromatic hydroxyl groups is 1. The normalized spacial score (nSPS) is 11.0. The van der Waals surface area contributed by atoms with Crippen LogP contribution >= 0.6 is 11.8 Å². The van der Waals surface area contributed by atoms with Crippen LogP contribution in [0.5, 0.6) is 5.75 Å². The molecule has 166 valence electrons. The molecule has 0 unspecified atom stereocenters. The molecule has 0 atom stereocenters. The number of aromatic carboxylic acids is 1. The Balaban J connectivity index is 1.57. The highest BCUT2D eigenvalue weighted by atomic mass is 32.2. The number of phenols is 1. The van der Waals surface area contributed by atoms with Gasteiger partial charge in [0, 0.05) is 16.3 Å². The van der Waals surface area contributed by atoms with E-state index in [4.69, 9.17) is 5.11 Å². The van der Waals surface area contributed by atoms with Crippen molar-refractivity contribution in [2.75, 3.05) is 15.8 Å². The van der Waals surface area contributed by atoms with E-state index < -0.39 is 16.0 Å². The lowest BCUT2D eigenvalue weighted by atomic mass is 10.2. The Kier molecular flexibility index (Phi) is 7.06. The minimum Gasteiger partial charge on any atom is -0.507 e. The number of hydrogen-bond acceptors (Lipinski definition) is 6. The molecule has 0 bridgehead atoms. The number of aryl methyl sites for hydroxylation is 1. The Labute approximate surface area is 189 Å². The van der Waals surface area contributed by atoms with Gasteiger partial charge in [-0.15, -0.1) is 11.8 Å². The first kappa shape index (κ1) is 23.2. The third kappa shape index (κ3) is 6.02. The Morgan fingerprint density at radius 2 is 1.56 bits per heavy atom. The molecule has 3 aromatic carbocycles. The van der Waals surface area contributed by atoms with E-state index >= 15 is 0 Å². The van der Waals surface area contributed by atoms with Gasteiger partial charge in [0.2, 0.25) is 5.91 Å². The first-order valence-electron chi connectivity index (χ1n) is 9.32. The lowest BCUT2D eigenvalue weighted by molar-refractivity contribution is -0.113. The quantitative estimate of drug-likeness (QED) is 0.288. The van der Waals surface area contributed by atoms with Gasteiger partial charge in [0.1, 0.15) is 11.3 Å². The minimum atomic E-state index is -3.70. The fourth-order valence-electron chi connectivity index (χ4n) is 2.68. The summed E-state index contributed by atoms with van der Waals surface area (Å²) in [6.45, 7) is 1.87. The number of thioether (sulfide) groups is 1. The van der Waals surface area contributed by atoms with Crippen molar-refractivity contribution in [3.05, 3.63) is 77.9 Å². The van der Waals surface area contributed by atoms with E-state index in [1.807, 2.05) is 6.92 Å². The van der Waals surface area contributed by atoms with E-state index in [2.05, 4.69) is 10.0 Å². The van der Waals surface area contributed by atoms with Gasteiger partial charge in [-0.2, -0.15) is 0 Å². The number of carbonyl (C=O) groups is 2. The molecule has 1 amide bonds. The molecule has 0 saturated heterocycles. The zero-order valence-corrected chi connectivity index (χ0v) is 18.5. The number of anilines is 2. The summed E-state index contributed by atoms with van der Waals surface area (Å²) in [5.41, 5.74) is 1.30.